The van der Waals surface area contributed by atoms with E-state index in [4.69, 9.17) is 32.6 Å². The molecule has 0 unspecified atom stereocenters. The van der Waals surface area contributed by atoms with Crippen LogP contribution in [0.2, 0.25) is 0 Å². The van der Waals surface area contributed by atoms with Gasteiger partial charge < -0.3 is 37.7 Å². The maximum Gasteiger partial charge on any atom is 0.353 e. The van der Waals surface area contributed by atoms with Gasteiger partial charge in [0.05, 0.1) is 0 Å². The molecule has 0 fully saturated rings. The van der Waals surface area contributed by atoms with Crippen molar-refractivity contribution >= 4 is 16.3 Å². The van der Waals surface area contributed by atoms with Crippen LogP contribution >= 0.6 is 10.3 Å². The van der Waals surface area contributed by atoms with E-state index in [0.29, 0.717) is 49.2 Å². The number of hydrogen-bond donors (Lipinski definition) is 1. The van der Waals surface area contributed by atoms with E-state index in [1.54, 1.807) is 12.1 Å². The van der Waals surface area contributed by atoms with Gasteiger partial charge in [0.1, 0.15) is 89.2 Å². The molecule has 0 aromatic heterocycles. The molecule has 0 aliphatic heterocycles. The summed E-state index contributed by atoms with van der Waals surface area (Å²) < 4.78 is 48.3. The van der Waals surface area contributed by atoms with E-state index in [2.05, 4.69) is 0 Å². The van der Waals surface area contributed by atoms with Crippen LogP contribution in [0.15, 0.2) is 93.5 Å². The van der Waals surface area contributed by atoms with Crippen molar-refractivity contribution in [1.82, 2.24) is 0 Å². The fraction of sp³-hybridized carbons (Fsp3) is 0.490. The van der Waals surface area contributed by atoms with E-state index in [1.165, 1.54) is 12.1 Å². The molecule has 4 aromatic rings. The Morgan fingerprint density at radius 1 is 0.441 bits per heavy atom. The topological polar surface area (TPSA) is 102 Å². The molecule has 324 valence electrons. The van der Waals surface area contributed by atoms with Crippen LogP contribution in [0, 0.1) is 0 Å². The Hall–Kier alpha value is -4.70. The summed E-state index contributed by atoms with van der Waals surface area (Å²) in [4.78, 5) is 16.5. The number of ether oxygens (including phenoxy) is 6. The van der Waals surface area contributed by atoms with E-state index in [9.17, 15) is 5.11 Å². The molecule has 9 nitrogen and oxygen atoms in total. The lowest BCUT2D eigenvalue weighted by atomic mass is 10.1. The van der Waals surface area contributed by atoms with Gasteiger partial charge in [-0.15, -0.1) is 0 Å². The third-order valence-electron chi connectivity index (χ3n) is 7.48. The van der Waals surface area contributed by atoms with Crippen LogP contribution in [-0.2, 0) is 4.18 Å². The Labute approximate surface area is 355 Å². The van der Waals surface area contributed by atoms with Crippen molar-refractivity contribution in [1.29, 1.82) is 0 Å². The average Bonchev–Trinajstić information content (AvgIpc) is 3.00. The lowest BCUT2D eigenvalue weighted by Crippen LogP contribution is -2.29. The first-order chi connectivity index (χ1) is 26.8. The van der Waals surface area contributed by atoms with Crippen molar-refractivity contribution in [3.63, 3.8) is 0 Å². The van der Waals surface area contributed by atoms with Crippen molar-refractivity contribution in [2.24, 2.45) is 0 Å². The van der Waals surface area contributed by atoms with Gasteiger partial charge in [0.15, 0.2) is 0 Å². The molecule has 59 heavy (non-hydrogen) atoms. The van der Waals surface area contributed by atoms with Gasteiger partial charge in [0.2, 0.25) is 0 Å². The first kappa shape index (κ1) is 47.0. The minimum absolute atomic E-state index is 0.0335. The summed E-state index contributed by atoms with van der Waals surface area (Å²) in [6.45, 7) is 35.2. The van der Waals surface area contributed by atoms with Crippen LogP contribution in [-0.4, -0.2) is 44.7 Å². The van der Waals surface area contributed by atoms with Crippen molar-refractivity contribution < 1.29 is 42.5 Å². The molecule has 0 atom stereocenters. The van der Waals surface area contributed by atoms with Crippen molar-refractivity contribution in [3.8, 4) is 40.2 Å². The second kappa shape index (κ2) is 16.7. The zero-order valence-electron chi connectivity index (χ0n) is 38.6. The second-order valence-electron chi connectivity index (χ2n) is 20.5. The number of phenols is 1. The van der Waals surface area contributed by atoms with E-state index >= 15 is 4.79 Å². The molecule has 1 N–H and O–H groups in total. The standard InChI is InChI=1S/C49H68O9S/c1-44(2,3)52-32-28-37(54-46(7,8)9)41(38(29-32)55-47(10,11)12)59(34-24-20-19-21-25-34,58-43(51)35-26-22-23-27-36(35)50)42-39(56-48(13,14)15)30-33(53-45(4,5)6)31-40(42)57-49(16,17)18/h19-31,50H,1-18H3. The van der Waals surface area contributed by atoms with E-state index in [0.717, 1.165) is 0 Å². The summed E-state index contributed by atoms with van der Waals surface area (Å²) in [6, 6.07) is 23.1. The van der Waals surface area contributed by atoms with Gasteiger partial charge in [-0.3, -0.25) is 0 Å². The summed E-state index contributed by atoms with van der Waals surface area (Å²) in [7, 11) is -3.50. The molecule has 0 bridgehead atoms. The van der Waals surface area contributed by atoms with Crippen LogP contribution in [0.4, 0.5) is 0 Å². The molecule has 0 saturated heterocycles. The smallest absolute Gasteiger partial charge is 0.353 e. The van der Waals surface area contributed by atoms with Gasteiger partial charge in [-0.2, -0.15) is 0 Å². The first-order valence-electron chi connectivity index (χ1n) is 20.2. The number of rotatable bonds is 11. The van der Waals surface area contributed by atoms with Crippen molar-refractivity contribution in [2.75, 3.05) is 0 Å². The van der Waals surface area contributed by atoms with E-state index in [-0.39, 0.29) is 11.3 Å². The van der Waals surface area contributed by atoms with Gasteiger partial charge in [0.25, 0.3) is 0 Å². The monoisotopic (exact) mass is 832 g/mol. The molecule has 0 heterocycles. The van der Waals surface area contributed by atoms with Gasteiger partial charge in [-0.25, -0.2) is 4.79 Å². The number of phenolic OH excluding ortho intramolecular Hbond substituents is 1. The van der Waals surface area contributed by atoms with Crippen molar-refractivity contribution in [2.45, 2.75) is 173 Å². The maximum atomic E-state index is 15.1. The number of benzene rings is 4. The highest BCUT2D eigenvalue weighted by Crippen LogP contribution is 2.78. The Balaban J connectivity index is 2.47. The van der Waals surface area contributed by atoms with Crippen LogP contribution in [0.25, 0.3) is 0 Å². The third-order valence-corrected chi connectivity index (χ3v) is 10.8. The molecule has 0 aliphatic rings. The molecule has 0 amide bonds. The summed E-state index contributed by atoms with van der Waals surface area (Å²) >= 11 is 0. The van der Waals surface area contributed by atoms with Gasteiger partial charge in [0, 0.05) is 39.5 Å². The molecule has 4 aromatic carbocycles. The summed E-state index contributed by atoms with van der Waals surface area (Å²) in [5, 5.41) is 11.2. The van der Waals surface area contributed by atoms with E-state index < -0.39 is 49.9 Å². The maximum absolute atomic E-state index is 15.1. The minimum Gasteiger partial charge on any atom is -0.507 e. The molecule has 4 rings (SSSR count). The predicted molar refractivity (Wildman–Crippen MR) is 238 cm³/mol. The molecule has 0 spiro atoms. The zero-order valence-corrected chi connectivity index (χ0v) is 39.4. The fourth-order valence-electron chi connectivity index (χ4n) is 6.01. The molecule has 0 radical (unpaired) electrons. The van der Waals surface area contributed by atoms with Crippen LogP contribution in [0.5, 0.6) is 40.2 Å². The number of hydrogen-bond acceptors (Lipinski definition) is 9. The lowest BCUT2D eigenvalue weighted by molar-refractivity contribution is 0.0750. The summed E-state index contributed by atoms with van der Waals surface area (Å²) in [6.07, 6.45) is 0. The largest absolute Gasteiger partial charge is 0.507 e. The zero-order chi connectivity index (χ0) is 44.6. The van der Waals surface area contributed by atoms with E-state index in [1.807, 2.05) is 179 Å². The molecular formula is C49H68O9S. The number of para-hydroxylation sites is 1. The quantitative estimate of drug-likeness (QED) is 0.158. The Kier molecular flexibility index (Phi) is 13.3. The number of carbonyl (C=O) groups excluding carboxylic acids is 1. The summed E-state index contributed by atoms with van der Waals surface area (Å²) in [5.41, 5.74) is -4.28. The van der Waals surface area contributed by atoms with Crippen LogP contribution < -0.4 is 28.4 Å². The average molecular weight is 833 g/mol. The minimum atomic E-state index is -3.50. The highest BCUT2D eigenvalue weighted by Gasteiger charge is 2.48. The highest BCUT2D eigenvalue weighted by molar-refractivity contribution is 8.30. The van der Waals surface area contributed by atoms with Gasteiger partial charge in [-0.05, 0) is 149 Å². The van der Waals surface area contributed by atoms with Crippen molar-refractivity contribution in [3.05, 3.63) is 84.4 Å². The SMILES string of the molecule is CC(C)(C)Oc1cc(OC(C)(C)C)c(S(OC(=O)c2ccccc2O)(c2ccccc2)c2c(OC(C)(C)C)cc(OC(C)(C)C)cc2OC(C)(C)C)c(OC(C)(C)C)c1. The number of aromatic hydroxyl groups is 1. The molecule has 0 saturated carbocycles. The second-order valence-corrected chi connectivity index (χ2v) is 23.1. The normalized spacial score (nSPS) is 13.3. The molecule has 10 heteroatoms. The Morgan fingerprint density at radius 3 is 1.05 bits per heavy atom. The molecule has 0 aliphatic carbocycles. The Morgan fingerprint density at radius 2 is 0.746 bits per heavy atom. The fourth-order valence-corrected chi connectivity index (χ4v) is 9.34. The Bertz CT molecular complexity index is 1910. The highest BCUT2D eigenvalue weighted by atomic mass is 32.3. The van der Waals surface area contributed by atoms with Gasteiger partial charge >= 0.3 is 5.97 Å². The van der Waals surface area contributed by atoms with Gasteiger partial charge in [-0.1, -0.05) is 30.3 Å². The first-order valence-corrected chi connectivity index (χ1v) is 21.7. The number of carbonyl (C=O) groups is 1. The lowest BCUT2D eigenvalue weighted by Gasteiger charge is -2.44. The van der Waals surface area contributed by atoms with Crippen LogP contribution in [0.3, 0.4) is 0 Å². The summed E-state index contributed by atoms with van der Waals surface area (Å²) in [5.74, 6) is 1.33. The van der Waals surface area contributed by atoms with Crippen LogP contribution in [0.1, 0.15) is 135 Å². The third kappa shape index (κ3) is 13.1. The molecular weight excluding hydrogens is 765 g/mol. The predicted octanol–water partition coefficient (Wildman–Crippen LogP) is 13.5.